The third kappa shape index (κ3) is 2.69. The molecule has 1 atom stereocenters. The summed E-state index contributed by atoms with van der Waals surface area (Å²) in [6, 6.07) is 1.41. The van der Waals surface area contributed by atoms with Crippen molar-refractivity contribution in [1.82, 2.24) is 14.9 Å². The Morgan fingerprint density at radius 3 is 2.50 bits per heavy atom. The Kier molecular flexibility index (Phi) is 3.39. The number of nitrogens with zero attached hydrogens (tertiary/aromatic N) is 3. The van der Waals surface area contributed by atoms with Crippen molar-refractivity contribution >= 4 is 11.9 Å². The Morgan fingerprint density at radius 2 is 2.00 bits per heavy atom. The van der Waals surface area contributed by atoms with Gasteiger partial charge in [0.2, 0.25) is 11.9 Å². The zero-order valence-corrected chi connectivity index (χ0v) is 8.56. The van der Waals surface area contributed by atoms with Gasteiger partial charge in [0.1, 0.15) is 6.04 Å². The van der Waals surface area contributed by atoms with Crippen molar-refractivity contribution in [2.75, 3.05) is 19.4 Å². The van der Waals surface area contributed by atoms with E-state index in [9.17, 15) is 4.79 Å². The molecule has 0 spiro atoms. The van der Waals surface area contributed by atoms with Gasteiger partial charge in [-0.15, -0.1) is 0 Å². The van der Waals surface area contributed by atoms with Gasteiger partial charge in [0, 0.05) is 26.5 Å². The molecule has 5 nitrogen and oxygen atoms in total. The maximum atomic E-state index is 11.5. The van der Waals surface area contributed by atoms with Crippen molar-refractivity contribution in [3.63, 3.8) is 0 Å². The molecule has 0 bridgehead atoms. The molecule has 0 aromatic carbocycles. The van der Waals surface area contributed by atoms with E-state index >= 15 is 0 Å². The van der Waals surface area contributed by atoms with E-state index in [0.29, 0.717) is 5.95 Å². The molecule has 0 saturated heterocycles. The highest BCUT2D eigenvalue weighted by Gasteiger charge is 2.14. The Hall–Kier alpha value is -1.65. The number of carbonyl (C=O) groups excluding carboxylic acids is 1. The van der Waals surface area contributed by atoms with Crippen LogP contribution in [0, 0.1) is 0 Å². The van der Waals surface area contributed by atoms with E-state index in [0.717, 1.165) is 0 Å². The van der Waals surface area contributed by atoms with Gasteiger partial charge in [-0.3, -0.25) is 4.79 Å². The predicted molar refractivity (Wildman–Crippen MR) is 53.8 cm³/mol. The summed E-state index contributed by atoms with van der Waals surface area (Å²) in [7, 11) is 3.43. The van der Waals surface area contributed by atoms with Gasteiger partial charge in [-0.1, -0.05) is 0 Å². The van der Waals surface area contributed by atoms with Crippen molar-refractivity contribution < 1.29 is 4.79 Å². The second kappa shape index (κ2) is 4.55. The van der Waals surface area contributed by atoms with Gasteiger partial charge in [-0.25, -0.2) is 9.97 Å². The van der Waals surface area contributed by atoms with Crippen molar-refractivity contribution in [3.05, 3.63) is 18.5 Å². The summed E-state index contributed by atoms with van der Waals surface area (Å²) in [5, 5.41) is 2.91. The van der Waals surface area contributed by atoms with Crippen LogP contribution in [0.5, 0.6) is 0 Å². The molecule has 0 saturated carbocycles. The van der Waals surface area contributed by atoms with Crippen molar-refractivity contribution in [2.24, 2.45) is 0 Å². The number of likely N-dealkylation sites (N-methyl/N-ethyl adjacent to an activating group) is 1. The number of nitrogens with one attached hydrogen (secondary N) is 1. The molecule has 1 aromatic rings. The van der Waals surface area contributed by atoms with E-state index in [2.05, 4.69) is 15.3 Å². The minimum Gasteiger partial charge on any atom is -0.347 e. The first-order chi connectivity index (χ1) is 6.61. The number of rotatable bonds is 3. The zero-order chi connectivity index (χ0) is 10.6. The molecule has 1 amide bonds. The largest absolute Gasteiger partial charge is 0.347 e. The molecule has 1 aromatic heterocycles. The number of amides is 1. The Morgan fingerprint density at radius 1 is 1.43 bits per heavy atom. The fourth-order valence-corrected chi connectivity index (χ4v) is 1.02. The lowest BCUT2D eigenvalue weighted by Crippen LogP contribution is -2.37. The summed E-state index contributed by atoms with van der Waals surface area (Å²) in [5.41, 5.74) is 0. The first-order valence-corrected chi connectivity index (χ1v) is 4.36. The number of carbonyl (C=O) groups is 1. The summed E-state index contributed by atoms with van der Waals surface area (Å²) >= 11 is 0. The maximum Gasteiger partial charge on any atom is 0.244 e. The lowest BCUT2D eigenvalue weighted by molar-refractivity contribution is -0.129. The summed E-state index contributed by atoms with van der Waals surface area (Å²) in [6.45, 7) is 1.78. The molecule has 76 valence electrons. The molecule has 0 fully saturated rings. The Bertz CT molecular complexity index is 299. The summed E-state index contributed by atoms with van der Waals surface area (Å²) in [4.78, 5) is 20.9. The van der Waals surface area contributed by atoms with E-state index in [1.165, 1.54) is 4.90 Å². The molecule has 5 heteroatoms. The molecule has 14 heavy (non-hydrogen) atoms. The second-order valence-electron chi connectivity index (χ2n) is 3.17. The third-order valence-electron chi connectivity index (χ3n) is 1.72. The fraction of sp³-hybridized carbons (Fsp3) is 0.444. The molecule has 1 rings (SSSR count). The topological polar surface area (TPSA) is 58.1 Å². The molecular weight excluding hydrogens is 180 g/mol. The smallest absolute Gasteiger partial charge is 0.244 e. The molecule has 1 heterocycles. The quantitative estimate of drug-likeness (QED) is 0.755. The SMILES string of the molecule is C[C@@H](Nc1ncccn1)C(=O)N(C)C. The normalized spacial score (nSPS) is 11.9. The van der Waals surface area contributed by atoms with E-state index in [-0.39, 0.29) is 11.9 Å². The summed E-state index contributed by atoms with van der Waals surface area (Å²) in [6.07, 6.45) is 3.25. The van der Waals surface area contributed by atoms with Crippen molar-refractivity contribution in [2.45, 2.75) is 13.0 Å². The van der Waals surface area contributed by atoms with Crippen LogP contribution >= 0.6 is 0 Å². The maximum absolute atomic E-state index is 11.5. The lowest BCUT2D eigenvalue weighted by atomic mass is 10.3. The number of hydrogen-bond acceptors (Lipinski definition) is 4. The molecule has 0 radical (unpaired) electrons. The van der Waals surface area contributed by atoms with Crippen LogP contribution in [0.2, 0.25) is 0 Å². The first-order valence-electron chi connectivity index (χ1n) is 4.36. The second-order valence-corrected chi connectivity index (χ2v) is 3.17. The van der Waals surface area contributed by atoms with E-state index in [1.54, 1.807) is 39.5 Å². The van der Waals surface area contributed by atoms with Crippen molar-refractivity contribution in [1.29, 1.82) is 0 Å². The van der Waals surface area contributed by atoms with Crippen LogP contribution in [0.3, 0.4) is 0 Å². The van der Waals surface area contributed by atoms with Crippen LogP contribution in [0.1, 0.15) is 6.92 Å². The van der Waals surface area contributed by atoms with Crippen LogP contribution in [0.4, 0.5) is 5.95 Å². The number of hydrogen-bond donors (Lipinski definition) is 1. The van der Waals surface area contributed by atoms with Gasteiger partial charge >= 0.3 is 0 Å². The zero-order valence-electron chi connectivity index (χ0n) is 8.56. The highest BCUT2D eigenvalue weighted by atomic mass is 16.2. The average Bonchev–Trinajstić information content (AvgIpc) is 2.18. The van der Waals surface area contributed by atoms with E-state index < -0.39 is 0 Å². The fourth-order valence-electron chi connectivity index (χ4n) is 1.02. The molecule has 0 aliphatic rings. The summed E-state index contributed by atoms with van der Waals surface area (Å²) in [5.74, 6) is 0.465. The van der Waals surface area contributed by atoms with Crippen LogP contribution < -0.4 is 5.32 Å². The standard InChI is InChI=1S/C9H14N4O/c1-7(8(14)13(2)3)12-9-10-5-4-6-11-9/h4-7H,1-3H3,(H,10,11,12)/t7-/m1/s1. The number of aromatic nitrogens is 2. The van der Waals surface area contributed by atoms with E-state index in [1.807, 2.05) is 0 Å². The Balaban J connectivity index is 2.57. The summed E-state index contributed by atoms with van der Waals surface area (Å²) < 4.78 is 0. The van der Waals surface area contributed by atoms with Gasteiger partial charge in [0.15, 0.2) is 0 Å². The van der Waals surface area contributed by atoms with Gasteiger partial charge in [-0.05, 0) is 13.0 Å². The highest BCUT2D eigenvalue weighted by Crippen LogP contribution is 1.99. The minimum atomic E-state index is -0.313. The van der Waals surface area contributed by atoms with Crippen molar-refractivity contribution in [3.8, 4) is 0 Å². The van der Waals surface area contributed by atoms with Crippen LogP contribution in [-0.4, -0.2) is 40.9 Å². The van der Waals surface area contributed by atoms with Gasteiger partial charge in [-0.2, -0.15) is 0 Å². The average molecular weight is 194 g/mol. The third-order valence-corrected chi connectivity index (χ3v) is 1.72. The van der Waals surface area contributed by atoms with Crippen LogP contribution in [0.15, 0.2) is 18.5 Å². The predicted octanol–water partition coefficient (Wildman–Crippen LogP) is 0.365. The first kappa shape index (κ1) is 10.4. The minimum absolute atomic E-state index is 0.00236. The number of anilines is 1. The van der Waals surface area contributed by atoms with E-state index in [4.69, 9.17) is 0 Å². The molecule has 0 unspecified atom stereocenters. The molecule has 0 aliphatic carbocycles. The van der Waals surface area contributed by atoms with Gasteiger partial charge in [0.25, 0.3) is 0 Å². The molecular formula is C9H14N4O. The lowest BCUT2D eigenvalue weighted by Gasteiger charge is -2.17. The van der Waals surface area contributed by atoms with Gasteiger partial charge < -0.3 is 10.2 Å². The molecule has 1 N–H and O–H groups in total. The molecule has 0 aliphatic heterocycles. The highest BCUT2D eigenvalue weighted by molar-refractivity contribution is 5.83. The Labute approximate surface area is 83.2 Å². The van der Waals surface area contributed by atoms with Crippen LogP contribution in [-0.2, 0) is 4.79 Å². The monoisotopic (exact) mass is 194 g/mol. The van der Waals surface area contributed by atoms with Crippen LogP contribution in [0.25, 0.3) is 0 Å². The van der Waals surface area contributed by atoms with Gasteiger partial charge in [0.05, 0.1) is 0 Å².